The number of aryl methyl sites for hydroxylation is 2. The Morgan fingerprint density at radius 1 is 0.514 bits per heavy atom. The average Bonchev–Trinajstić information content (AvgIpc) is 2.94. The van der Waals surface area contributed by atoms with Crippen molar-refractivity contribution in [3.8, 4) is 33.4 Å². The van der Waals surface area contributed by atoms with E-state index in [0.717, 1.165) is 5.56 Å². The van der Waals surface area contributed by atoms with E-state index in [9.17, 15) is 0 Å². The molecule has 1 heteroatoms. The number of fused-ring (bicyclic) bond motifs is 3. The highest BCUT2D eigenvalue weighted by Gasteiger charge is 2.19. The normalized spacial score (nSPS) is 11.5. The molecule has 0 heterocycles. The van der Waals surface area contributed by atoms with E-state index in [1.165, 1.54) is 66.1 Å². The Bertz CT molecular complexity index is 1760. The summed E-state index contributed by atoms with van der Waals surface area (Å²) >= 11 is 0. The highest BCUT2D eigenvalue weighted by molar-refractivity contribution is 6.25. The Labute approximate surface area is 218 Å². The lowest BCUT2D eigenvalue weighted by atomic mass is 9.83. The van der Waals surface area contributed by atoms with Gasteiger partial charge >= 0.3 is 0 Å². The maximum atomic E-state index is 4.52. The van der Waals surface area contributed by atoms with Crippen LogP contribution in [-0.2, 0) is 0 Å². The predicted molar refractivity (Wildman–Crippen MR) is 161 cm³/mol. The van der Waals surface area contributed by atoms with E-state index in [2.05, 4.69) is 134 Å². The molecule has 0 bridgehead atoms. The van der Waals surface area contributed by atoms with Crippen molar-refractivity contribution < 1.29 is 0 Å². The summed E-state index contributed by atoms with van der Waals surface area (Å²) in [5.41, 5.74) is 11.0. The van der Waals surface area contributed by atoms with Crippen LogP contribution in [0.15, 0.2) is 120 Å². The van der Waals surface area contributed by atoms with Crippen LogP contribution in [0.25, 0.3) is 54.9 Å². The van der Waals surface area contributed by atoms with E-state index >= 15 is 0 Å². The van der Waals surface area contributed by atoms with Crippen LogP contribution in [0.3, 0.4) is 0 Å². The molecule has 0 radical (unpaired) electrons. The molecule has 0 aromatic heterocycles. The van der Waals surface area contributed by atoms with Gasteiger partial charge in [0, 0.05) is 18.8 Å². The molecular weight excluding hydrogens is 446 g/mol. The molecule has 6 rings (SSSR count). The second kappa shape index (κ2) is 9.52. The summed E-state index contributed by atoms with van der Waals surface area (Å²) in [7, 11) is 1.86. The van der Waals surface area contributed by atoms with E-state index in [1.54, 1.807) is 0 Å². The maximum absolute atomic E-state index is 4.52. The molecule has 1 nitrogen and oxygen atoms in total. The predicted octanol–water partition coefficient (Wildman–Crippen LogP) is 9.66. The van der Waals surface area contributed by atoms with Gasteiger partial charge in [-0.15, -0.1) is 0 Å². The maximum Gasteiger partial charge on any atom is 0.0294 e. The Kier molecular flexibility index (Phi) is 5.90. The lowest BCUT2D eigenvalue weighted by molar-refractivity contribution is 1.46. The molecule has 0 fully saturated rings. The van der Waals surface area contributed by atoms with Crippen molar-refractivity contribution in [3.63, 3.8) is 0 Å². The number of hydrogen-bond acceptors (Lipinski definition) is 1. The first-order chi connectivity index (χ1) is 18.1. The summed E-state index contributed by atoms with van der Waals surface area (Å²) in [6.45, 7) is 4.28. The SMILES string of the molecule is CN=Cc1c(-c2ccc(C)cc2)c2c(-c3ccccc3)cc(-c3ccc(C)cc3)cc2c2ccccc12. The molecule has 0 saturated heterocycles. The summed E-state index contributed by atoms with van der Waals surface area (Å²) < 4.78 is 0. The van der Waals surface area contributed by atoms with Gasteiger partial charge in [0.1, 0.15) is 0 Å². The summed E-state index contributed by atoms with van der Waals surface area (Å²) in [4.78, 5) is 4.52. The van der Waals surface area contributed by atoms with Crippen LogP contribution in [-0.4, -0.2) is 13.3 Å². The zero-order chi connectivity index (χ0) is 25.4. The zero-order valence-corrected chi connectivity index (χ0v) is 21.5. The van der Waals surface area contributed by atoms with Crippen LogP contribution >= 0.6 is 0 Å². The fraction of sp³-hybridized carbons (Fsp3) is 0.0833. The molecule has 0 atom stereocenters. The number of nitrogens with zero attached hydrogens (tertiary/aromatic N) is 1. The third-order valence-electron chi connectivity index (χ3n) is 7.23. The van der Waals surface area contributed by atoms with Crippen molar-refractivity contribution in [1.82, 2.24) is 0 Å². The topological polar surface area (TPSA) is 12.4 Å². The highest BCUT2D eigenvalue weighted by atomic mass is 14.6. The van der Waals surface area contributed by atoms with Crippen molar-refractivity contribution in [3.05, 3.63) is 132 Å². The molecule has 0 N–H and O–H groups in total. The minimum Gasteiger partial charge on any atom is -0.296 e. The molecule has 37 heavy (non-hydrogen) atoms. The van der Waals surface area contributed by atoms with E-state index < -0.39 is 0 Å². The molecular formula is C36H29N. The number of aliphatic imine (C=N–C) groups is 1. The van der Waals surface area contributed by atoms with Gasteiger partial charge in [-0.2, -0.15) is 0 Å². The first-order valence-electron chi connectivity index (χ1n) is 12.8. The van der Waals surface area contributed by atoms with Crippen molar-refractivity contribution >= 4 is 27.8 Å². The van der Waals surface area contributed by atoms with Gasteiger partial charge < -0.3 is 0 Å². The van der Waals surface area contributed by atoms with Crippen LogP contribution in [0.2, 0.25) is 0 Å². The Morgan fingerprint density at radius 3 is 1.76 bits per heavy atom. The van der Waals surface area contributed by atoms with Crippen LogP contribution in [0.5, 0.6) is 0 Å². The molecule has 0 saturated carbocycles. The first kappa shape index (κ1) is 22.9. The molecule has 0 spiro atoms. The van der Waals surface area contributed by atoms with Gasteiger partial charge in [-0.3, -0.25) is 4.99 Å². The van der Waals surface area contributed by atoms with Gasteiger partial charge in [-0.1, -0.05) is 114 Å². The fourth-order valence-electron chi connectivity index (χ4n) is 5.39. The molecule has 6 aromatic carbocycles. The largest absolute Gasteiger partial charge is 0.296 e. The van der Waals surface area contributed by atoms with Crippen molar-refractivity contribution in [1.29, 1.82) is 0 Å². The summed E-state index contributed by atoms with van der Waals surface area (Å²) in [5, 5.41) is 4.99. The molecule has 0 aliphatic carbocycles. The quantitative estimate of drug-likeness (QED) is 0.178. The summed E-state index contributed by atoms with van der Waals surface area (Å²) in [5.74, 6) is 0. The second-order valence-electron chi connectivity index (χ2n) is 9.77. The van der Waals surface area contributed by atoms with Crippen LogP contribution < -0.4 is 0 Å². The third kappa shape index (κ3) is 4.13. The molecule has 6 aromatic rings. The summed E-state index contributed by atoms with van der Waals surface area (Å²) in [6, 6.07) is 42.0. The van der Waals surface area contributed by atoms with Crippen LogP contribution in [0.4, 0.5) is 0 Å². The van der Waals surface area contributed by atoms with Crippen LogP contribution in [0.1, 0.15) is 16.7 Å². The monoisotopic (exact) mass is 475 g/mol. The minimum absolute atomic E-state index is 1.16. The summed E-state index contributed by atoms with van der Waals surface area (Å²) in [6.07, 6.45) is 2.03. The Balaban J connectivity index is 1.85. The third-order valence-corrected chi connectivity index (χ3v) is 7.23. The standard InChI is InChI=1S/C36H29N/c1-24-13-17-26(18-14-24)29-21-32(27-9-5-4-6-10-27)36-33(22-29)30-11-7-8-12-31(30)34(23-37-3)35(36)28-19-15-25(2)16-20-28/h4-23H,1-3H3. The van der Waals surface area contributed by atoms with Crippen LogP contribution in [0, 0.1) is 13.8 Å². The van der Waals surface area contributed by atoms with Crippen molar-refractivity contribution in [2.24, 2.45) is 4.99 Å². The van der Waals surface area contributed by atoms with Crippen molar-refractivity contribution in [2.75, 3.05) is 7.05 Å². The zero-order valence-electron chi connectivity index (χ0n) is 21.5. The van der Waals surface area contributed by atoms with Crippen molar-refractivity contribution in [2.45, 2.75) is 13.8 Å². The van der Waals surface area contributed by atoms with E-state index in [-0.39, 0.29) is 0 Å². The number of benzene rings is 6. The lowest BCUT2D eigenvalue weighted by Gasteiger charge is -2.20. The van der Waals surface area contributed by atoms with Gasteiger partial charge in [-0.25, -0.2) is 0 Å². The highest BCUT2D eigenvalue weighted by Crippen LogP contribution is 2.45. The van der Waals surface area contributed by atoms with Gasteiger partial charge in [-0.05, 0) is 80.9 Å². The van der Waals surface area contributed by atoms with E-state index in [1.807, 2.05) is 13.3 Å². The van der Waals surface area contributed by atoms with E-state index in [0.29, 0.717) is 0 Å². The number of rotatable bonds is 4. The molecule has 0 amide bonds. The van der Waals surface area contributed by atoms with E-state index in [4.69, 9.17) is 0 Å². The second-order valence-corrected chi connectivity index (χ2v) is 9.77. The molecule has 178 valence electrons. The average molecular weight is 476 g/mol. The number of hydrogen-bond donors (Lipinski definition) is 0. The first-order valence-corrected chi connectivity index (χ1v) is 12.8. The van der Waals surface area contributed by atoms with Gasteiger partial charge in [0.05, 0.1) is 0 Å². The smallest absolute Gasteiger partial charge is 0.0294 e. The van der Waals surface area contributed by atoms with Gasteiger partial charge in [0.25, 0.3) is 0 Å². The molecule has 0 unspecified atom stereocenters. The lowest BCUT2D eigenvalue weighted by Crippen LogP contribution is -1.97. The molecule has 0 aliphatic rings. The fourth-order valence-corrected chi connectivity index (χ4v) is 5.39. The minimum atomic E-state index is 1.16. The molecule has 0 aliphatic heterocycles. The van der Waals surface area contributed by atoms with Gasteiger partial charge in [0.15, 0.2) is 0 Å². The Morgan fingerprint density at radius 2 is 1.11 bits per heavy atom. The Hall–Kier alpha value is -4.49. The van der Waals surface area contributed by atoms with Gasteiger partial charge in [0.2, 0.25) is 0 Å².